The van der Waals surface area contributed by atoms with Crippen LogP contribution in [0.15, 0.2) is 59.5 Å². The first kappa shape index (κ1) is 15.2. The Bertz CT molecular complexity index is 1190. The quantitative estimate of drug-likeness (QED) is 0.540. The van der Waals surface area contributed by atoms with Crippen LogP contribution in [0.2, 0.25) is 0 Å². The lowest BCUT2D eigenvalue weighted by molar-refractivity contribution is 0.836. The van der Waals surface area contributed by atoms with Gasteiger partial charge in [-0.25, -0.2) is 4.98 Å². The average Bonchev–Trinajstić information content (AvgIpc) is 3.02. The van der Waals surface area contributed by atoms with E-state index in [2.05, 4.69) is 23.3 Å². The number of aryl methyl sites for hydroxylation is 1. The summed E-state index contributed by atoms with van der Waals surface area (Å²) in [5.74, 6) is 2.55. The zero-order chi connectivity index (χ0) is 17.4. The van der Waals surface area contributed by atoms with Gasteiger partial charge in [0.2, 0.25) is 0 Å². The second-order valence-electron chi connectivity index (χ2n) is 5.92. The van der Waals surface area contributed by atoms with Gasteiger partial charge in [-0.05, 0) is 42.1 Å². The van der Waals surface area contributed by atoms with E-state index in [1.807, 2.05) is 42.6 Å². The van der Waals surface area contributed by atoms with Gasteiger partial charge in [0.05, 0.1) is 23.4 Å². The van der Waals surface area contributed by atoms with Crippen molar-refractivity contribution in [1.29, 1.82) is 0 Å². The lowest BCUT2D eigenvalue weighted by atomic mass is 10.1. The third-order valence-corrected chi connectivity index (χ3v) is 4.48. The minimum Gasteiger partial charge on any atom is -0.303 e. The molecule has 0 saturated heterocycles. The number of imidazole rings is 1. The van der Waals surface area contributed by atoms with Gasteiger partial charge in [-0.15, -0.1) is 6.42 Å². The molecule has 0 radical (unpaired) electrons. The maximum atomic E-state index is 12.0. The Morgan fingerprint density at radius 1 is 1.16 bits per heavy atom. The van der Waals surface area contributed by atoms with E-state index in [0.29, 0.717) is 0 Å². The van der Waals surface area contributed by atoms with Crippen molar-refractivity contribution in [2.45, 2.75) is 19.9 Å². The van der Waals surface area contributed by atoms with Crippen molar-refractivity contribution in [3.63, 3.8) is 0 Å². The summed E-state index contributed by atoms with van der Waals surface area (Å²) in [4.78, 5) is 16.8. The molecule has 0 saturated carbocycles. The van der Waals surface area contributed by atoms with Gasteiger partial charge >= 0.3 is 0 Å². The molecule has 0 N–H and O–H groups in total. The predicted octanol–water partition coefficient (Wildman–Crippen LogP) is 3.51. The summed E-state index contributed by atoms with van der Waals surface area (Å²) in [7, 11) is 0. The Morgan fingerprint density at radius 3 is 2.84 bits per heavy atom. The Kier molecular flexibility index (Phi) is 3.62. The molecule has 0 spiro atoms. The van der Waals surface area contributed by atoms with Crippen LogP contribution in [0.5, 0.6) is 0 Å². The molecule has 25 heavy (non-hydrogen) atoms. The minimum absolute atomic E-state index is 0.0832. The summed E-state index contributed by atoms with van der Waals surface area (Å²) in [6, 6.07) is 15.4. The summed E-state index contributed by atoms with van der Waals surface area (Å²) in [6.07, 6.45) is 8.32. The number of benzene rings is 1. The van der Waals surface area contributed by atoms with E-state index in [1.165, 1.54) is 5.69 Å². The molecule has 4 heteroatoms. The van der Waals surface area contributed by atoms with Gasteiger partial charge in [-0.3, -0.25) is 9.36 Å². The van der Waals surface area contributed by atoms with Crippen LogP contribution < -0.4 is 5.56 Å². The summed E-state index contributed by atoms with van der Waals surface area (Å²) < 4.78 is 3.74. The van der Waals surface area contributed by atoms with Crippen molar-refractivity contribution in [2.75, 3.05) is 0 Å². The zero-order valence-electron chi connectivity index (χ0n) is 13.9. The lowest BCUT2D eigenvalue weighted by Gasteiger charge is -2.09. The Balaban J connectivity index is 1.96. The van der Waals surface area contributed by atoms with Crippen molar-refractivity contribution < 1.29 is 0 Å². The average molecular weight is 327 g/mol. The van der Waals surface area contributed by atoms with Gasteiger partial charge in [0.15, 0.2) is 0 Å². The van der Waals surface area contributed by atoms with E-state index in [4.69, 9.17) is 11.4 Å². The molecule has 4 nitrogen and oxygen atoms in total. The third-order valence-electron chi connectivity index (χ3n) is 4.48. The monoisotopic (exact) mass is 327 g/mol. The number of rotatable bonds is 3. The van der Waals surface area contributed by atoms with Gasteiger partial charge in [0.1, 0.15) is 5.65 Å². The molecule has 0 aliphatic carbocycles. The molecular formula is C21H17N3O. The minimum atomic E-state index is -0.0832. The van der Waals surface area contributed by atoms with Gasteiger partial charge in [-0.2, -0.15) is 0 Å². The van der Waals surface area contributed by atoms with Crippen molar-refractivity contribution in [2.24, 2.45) is 0 Å². The fourth-order valence-corrected chi connectivity index (χ4v) is 3.32. The summed E-state index contributed by atoms with van der Waals surface area (Å²) >= 11 is 0. The zero-order valence-corrected chi connectivity index (χ0v) is 13.9. The topological polar surface area (TPSA) is 39.3 Å². The summed E-state index contributed by atoms with van der Waals surface area (Å²) in [5, 5.41) is 0.978. The first-order valence-corrected chi connectivity index (χ1v) is 8.26. The molecule has 0 fully saturated rings. The second-order valence-corrected chi connectivity index (χ2v) is 5.92. The van der Waals surface area contributed by atoms with Crippen LogP contribution in [-0.4, -0.2) is 14.0 Å². The summed E-state index contributed by atoms with van der Waals surface area (Å²) in [5.41, 5.74) is 4.89. The van der Waals surface area contributed by atoms with Crippen molar-refractivity contribution in [3.8, 4) is 23.6 Å². The molecule has 0 aliphatic heterocycles. The van der Waals surface area contributed by atoms with Crippen molar-refractivity contribution in [3.05, 3.63) is 70.8 Å². The fraction of sp³-hybridized carbons (Fsp3) is 0.143. The van der Waals surface area contributed by atoms with Crippen LogP contribution in [0.25, 0.3) is 27.8 Å². The second kappa shape index (κ2) is 5.95. The van der Waals surface area contributed by atoms with Crippen LogP contribution in [0.1, 0.15) is 12.6 Å². The molecule has 0 aliphatic rings. The van der Waals surface area contributed by atoms with E-state index < -0.39 is 0 Å². The fourth-order valence-electron chi connectivity index (χ4n) is 3.32. The highest BCUT2D eigenvalue weighted by atomic mass is 16.1. The van der Waals surface area contributed by atoms with Crippen LogP contribution >= 0.6 is 0 Å². The highest BCUT2D eigenvalue weighted by molar-refractivity contribution is 5.85. The number of hydrogen-bond acceptors (Lipinski definition) is 2. The molecule has 0 atom stereocenters. The SMILES string of the molecule is C#CCn1c(=O)ccc2cc(-c3nc4ccccn4c3CC)ccc21. The van der Waals surface area contributed by atoms with Crippen molar-refractivity contribution >= 4 is 16.6 Å². The first-order valence-electron chi connectivity index (χ1n) is 8.26. The van der Waals surface area contributed by atoms with Crippen LogP contribution in [0, 0.1) is 12.3 Å². The smallest absolute Gasteiger partial charge is 0.251 e. The molecule has 1 aromatic carbocycles. The third kappa shape index (κ3) is 2.41. The van der Waals surface area contributed by atoms with E-state index in [-0.39, 0.29) is 12.1 Å². The molecule has 0 bridgehead atoms. The Labute approximate surface area is 145 Å². The normalized spacial score (nSPS) is 11.0. The molecular weight excluding hydrogens is 310 g/mol. The van der Waals surface area contributed by atoms with Crippen LogP contribution in [-0.2, 0) is 13.0 Å². The van der Waals surface area contributed by atoms with E-state index in [9.17, 15) is 4.79 Å². The lowest BCUT2D eigenvalue weighted by Crippen LogP contribution is -2.18. The van der Waals surface area contributed by atoms with Gasteiger partial charge < -0.3 is 4.40 Å². The molecule has 4 aromatic rings. The first-order chi connectivity index (χ1) is 12.2. The Morgan fingerprint density at radius 2 is 2.04 bits per heavy atom. The molecule has 122 valence electrons. The molecule has 0 amide bonds. The highest BCUT2D eigenvalue weighted by Gasteiger charge is 2.13. The molecule has 4 rings (SSSR count). The number of hydrogen-bond donors (Lipinski definition) is 0. The molecule has 3 heterocycles. The van der Waals surface area contributed by atoms with Gasteiger partial charge in [0, 0.05) is 17.8 Å². The van der Waals surface area contributed by atoms with Gasteiger partial charge in [-0.1, -0.05) is 25.0 Å². The molecule has 3 aromatic heterocycles. The number of terminal acetylenes is 1. The van der Waals surface area contributed by atoms with Crippen LogP contribution in [0.4, 0.5) is 0 Å². The number of pyridine rings is 2. The van der Waals surface area contributed by atoms with E-state index in [0.717, 1.165) is 34.2 Å². The number of fused-ring (bicyclic) bond motifs is 2. The standard InChI is InChI=1S/C21H17N3O/c1-3-12-24-18-10-8-16(14-15(18)9-11-20(24)25)21-17(4-2)23-13-6-5-7-19(23)22-21/h1,5-11,13-14H,4,12H2,2H3. The van der Waals surface area contributed by atoms with Gasteiger partial charge in [0.25, 0.3) is 5.56 Å². The maximum Gasteiger partial charge on any atom is 0.251 e. The van der Waals surface area contributed by atoms with E-state index >= 15 is 0 Å². The number of aromatic nitrogens is 3. The highest BCUT2D eigenvalue weighted by Crippen LogP contribution is 2.27. The van der Waals surface area contributed by atoms with Crippen molar-refractivity contribution in [1.82, 2.24) is 14.0 Å². The van der Waals surface area contributed by atoms with Crippen LogP contribution in [0.3, 0.4) is 0 Å². The maximum absolute atomic E-state index is 12.0. The Hall–Kier alpha value is -3.32. The molecule has 0 unspecified atom stereocenters. The summed E-state index contributed by atoms with van der Waals surface area (Å²) in [6.45, 7) is 2.40. The predicted molar refractivity (Wildman–Crippen MR) is 101 cm³/mol. The van der Waals surface area contributed by atoms with E-state index in [1.54, 1.807) is 10.6 Å². The largest absolute Gasteiger partial charge is 0.303 e. The number of nitrogens with zero attached hydrogens (tertiary/aromatic N) is 3.